The molecule has 1 fully saturated rings. The van der Waals surface area contributed by atoms with Crippen molar-refractivity contribution >= 4 is 22.2 Å². The Bertz CT molecular complexity index is 368. The summed E-state index contributed by atoms with van der Waals surface area (Å²) in [6.07, 6.45) is 3.37. The van der Waals surface area contributed by atoms with Gasteiger partial charge < -0.3 is 9.69 Å². The molecule has 1 aliphatic rings. The molecule has 1 aromatic carbocycles. The number of carbonyl (C=O) groups is 1. The molecular weight excluding hydrogens is 278 g/mol. The van der Waals surface area contributed by atoms with Crippen LogP contribution < -0.4 is 0 Å². The molecule has 3 heteroatoms. The number of hydrogen-bond acceptors (Lipinski definition) is 2. The molecule has 0 saturated carbocycles. The van der Waals surface area contributed by atoms with Crippen LogP contribution >= 0.6 is 15.9 Å². The molecule has 0 amide bonds. The van der Waals surface area contributed by atoms with Gasteiger partial charge in [0.05, 0.1) is 0 Å². The first-order chi connectivity index (χ1) is 8.20. The molecule has 0 N–H and O–H groups in total. The van der Waals surface area contributed by atoms with Gasteiger partial charge in [0, 0.05) is 10.4 Å². The van der Waals surface area contributed by atoms with Crippen molar-refractivity contribution < 1.29 is 4.79 Å². The molecular formula is C14H18BrNO. The molecule has 1 atom stereocenters. The van der Waals surface area contributed by atoms with Crippen molar-refractivity contribution in [2.24, 2.45) is 5.92 Å². The van der Waals surface area contributed by atoms with E-state index in [1.165, 1.54) is 0 Å². The number of halogens is 1. The van der Waals surface area contributed by atoms with Crippen molar-refractivity contribution in [1.29, 1.82) is 0 Å². The topological polar surface area (TPSA) is 20.3 Å². The molecule has 2 rings (SSSR count). The van der Waals surface area contributed by atoms with Gasteiger partial charge in [0.25, 0.3) is 0 Å². The van der Waals surface area contributed by atoms with E-state index in [2.05, 4.69) is 40.0 Å². The van der Waals surface area contributed by atoms with Crippen LogP contribution in [0.3, 0.4) is 0 Å². The van der Waals surface area contributed by atoms with E-state index in [-0.39, 0.29) is 5.92 Å². The maximum Gasteiger partial charge on any atom is 0.127 e. The second-order valence-corrected chi connectivity index (χ2v) is 5.77. The highest BCUT2D eigenvalue weighted by Gasteiger charge is 2.26. The van der Waals surface area contributed by atoms with Crippen molar-refractivity contribution in [3.05, 3.63) is 34.3 Å². The van der Waals surface area contributed by atoms with Gasteiger partial charge in [-0.15, -0.1) is 0 Å². The monoisotopic (exact) mass is 295 g/mol. The minimum absolute atomic E-state index is 0.0665. The van der Waals surface area contributed by atoms with Crippen molar-refractivity contribution in [1.82, 2.24) is 4.90 Å². The third kappa shape index (κ3) is 3.17. The van der Waals surface area contributed by atoms with E-state index in [1.807, 2.05) is 12.1 Å². The predicted molar refractivity (Wildman–Crippen MR) is 73.2 cm³/mol. The number of benzene rings is 1. The van der Waals surface area contributed by atoms with E-state index in [9.17, 15) is 4.79 Å². The van der Waals surface area contributed by atoms with E-state index in [1.54, 1.807) is 0 Å². The molecule has 17 heavy (non-hydrogen) atoms. The lowest BCUT2D eigenvalue weighted by Crippen LogP contribution is -2.33. The zero-order valence-electron chi connectivity index (χ0n) is 10.1. The molecule has 2 nitrogen and oxygen atoms in total. The zero-order valence-corrected chi connectivity index (χ0v) is 11.7. The summed E-state index contributed by atoms with van der Waals surface area (Å²) in [5, 5.41) is 0. The summed E-state index contributed by atoms with van der Waals surface area (Å²) in [4.78, 5) is 13.7. The van der Waals surface area contributed by atoms with Crippen LogP contribution in [0.15, 0.2) is 28.7 Å². The molecule has 92 valence electrons. The first-order valence-corrected chi connectivity index (χ1v) is 6.89. The van der Waals surface area contributed by atoms with Crippen LogP contribution in [-0.2, 0) is 4.79 Å². The minimum Gasteiger partial charge on any atom is -0.306 e. The maximum atomic E-state index is 11.3. The second-order valence-electron chi connectivity index (χ2n) is 4.85. The van der Waals surface area contributed by atoms with Crippen LogP contribution in [0.4, 0.5) is 0 Å². The summed E-state index contributed by atoms with van der Waals surface area (Å²) in [5.41, 5.74) is 1.15. The van der Waals surface area contributed by atoms with Gasteiger partial charge in [-0.25, -0.2) is 0 Å². The summed E-state index contributed by atoms with van der Waals surface area (Å²) in [6.45, 7) is 2.21. The van der Waals surface area contributed by atoms with Gasteiger partial charge in [0.1, 0.15) is 6.29 Å². The van der Waals surface area contributed by atoms with E-state index in [4.69, 9.17) is 0 Å². The minimum atomic E-state index is 0.0665. The Balaban J connectivity index is 2.10. The number of nitrogens with zero attached hydrogens (tertiary/aromatic N) is 1. The fourth-order valence-corrected chi connectivity index (χ4v) is 2.80. The van der Waals surface area contributed by atoms with Gasteiger partial charge in [-0.2, -0.15) is 0 Å². The summed E-state index contributed by atoms with van der Waals surface area (Å²) in [6, 6.07) is 8.14. The number of carbonyl (C=O) groups excluding carboxylic acids is 1. The number of aldehydes is 1. The summed E-state index contributed by atoms with van der Waals surface area (Å²) < 4.78 is 1.06. The maximum absolute atomic E-state index is 11.3. The fourth-order valence-electron chi connectivity index (χ4n) is 2.53. The van der Waals surface area contributed by atoms with Crippen LogP contribution in [0.2, 0.25) is 0 Å². The molecule has 0 aliphatic carbocycles. The lowest BCUT2D eigenvalue weighted by Gasteiger charge is -2.32. The number of piperidine rings is 1. The van der Waals surface area contributed by atoms with Crippen molar-refractivity contribution in [2.75, 3.05) is 20.1 Å². The normalized spacial score (nSPS) is 20.1. The molecule has 0 aromatic heterocycles. The Labute approximate surface area is 111 Å². The Hall–Kier alpha value is -0.670. The molecule has 1 unspecified atom stereocenters. The quantitative estimate of drug-likeness (QED) is 0.799. The molecule has 0 bridgehead atoms. The highest BCUT2D eigenvalue weighted by Crippen LogP contribution is 2.31. The molecule has 1 saturated heterocycles. The lowest BCUT2D eigenvalue weighted by molar-refractivity contribution is -0.110. The Morgan fingerprint density at radius 2 is 1.88 bits per heavy atom. The molecule has 1 aromatic rings. The zero-order chi connectivity index (χ0) is 12.3. The van der Waals surface area contributed by atoms with Crippen LogP contribution in [0, 0.1) is 5.92 Å². The van der Waals surface area contributed by atoms with E-state index >= 15 is 0 Å². The average Bonchev–Trinajstić information content (AvgIpc) is 2.35. The summed E-state index contributed by atoms with van der Waals surface area (Å²) in [7, 11) is 2.14. The van der Waals surface area contributed by atoms with Gasteiger partial charge >= 0.3 is 0 Å². The predicted octanol–water partition coefficient (Wildman–Crippen LogP) is 3.07. The second kappa shape index (κ2) is 5.78. The lowest BCUT2D eigenvalue weighted by atomic mass is 9.81. The van der Waals surface area contributed by atoms with Crippen LogP contribution in [0.1, 0.15) is 24.3 Å². The third-order valence-electron chi connectivity index (χ3n) is 3.67. The van der Waals surface area contributed by atoms with Crippen LogP contribution in [0.25, 0.3) is 0 Å². The SMILES string of the molecule is CN1CCC(C(C=O)c2ccc(Br)cc2)CC1. The van der Waals surface area contributed by atoms with Gasteiger partial charge in [-0.3, -0.25) is 0 Å². The smallest absolute Gasteiger partial charge is 0.127 e. The van der Waals surface area contributed by atoms with E-state index in [0.29, 0.717) is 5.92 Å². The fraction of sp³-hybridized carbons (Fsp3) is 0.500. The number of rotatable bonds is 3. The molecule has 1 heterocycles. The third-order valence-corrected chi connectivity index (χ3v) is 4.20. The standard InChI is InChI=1S/C14H18BrNO/c1-16-8-6-12(7-9-16)14(10-17)11-2-4-13(15)5-3-11/h2-5,10,12,14H,6-9H2,1H3. The largest absolute Gasteiger partial charge is 0.306 e. The van der Waals surface area contributed by atoms with Gasteiger partial charge in [0.2, 0.25) is 0 Å². The summed E-state index contributed by atoms with van der Waals surface area (Å²) in [5.74, 6) is 0.571. The number of hydrogen-bond donors (Lipinski definition) is 0. The van der Waals surface area contributed by atoms with Gasteiger partial charge in [-0.1, -0.05) is 28.1 Å². The van der Waals surface area contributed by atoms with Gasteiger partial charge in [-0.05, 0) is 56.6 Å². The molecule has 0 radical (unpaired) electrons. The first kappa shape index (κ1) is 12.8. The van der Waals surface area contributed by atoms with Crippen molar-refractivity contribution in [2.45, 2.75) is 18.8 Å². The highest BCUT2D eigenvalue weighted by atomic mass is 79.9. The summed E-state index contributed by atoms with van der Waals surface area (Å²) >= 11 is 3.43. The first-order valence-electron chi connectivity index (χ1n) is 6.10. The Morgan fingerprint density at radius 3 is 2.41 bits per heavy atom. The van der Waals surface area contributed by atoms with E-state index < -0.39 is 0 Å². The molecule has 0 spiro atoms. The average molecular weight is 296 g/mol. The van der Waals surface area contributed by atoms with Crippen molar-refractivity contribution in [3.63, 3.8) is 0 Å². The van der Waals surface area contributed by atoms with Gasteiger partial charge in [0.15, 0.2) is 0 Å². The Morgan fingerprint density at radius 1 is 1.29 bits per heavy atom. The van der Waals surface area contributed by atoms with Crippen LogP contribution in [0.5, 0.6) is 0 Å². The Kier molecular flexibility index (Phi) is 4.35. The highest BCUT2D eigenvalue weighted by molar-refractivity contribution is 9.10. The van der Waals surface area contributed by atoms with Crippen molar-refractivity contribution in [3.8, 4) is 0 Å². The molecule has 1 aliphatic heterocycles. The van der Waals surface area contributed by atoms with Crippen LogP contribution in [-0.4, -0.2) is 31.3 Å². The van der Waals surface area contributed by atoms with E-state index in [0.717, 1.165) is 42.3 Å². The number of likely N-dealkylation sites (tertiary alicyclic amines) is 1.